The number of amides is 1. The van der Waals surface area contributed by atoms with Gasteiger partial charge in [-0.3, -0.25) is 4.79 Å². The number of carbonyl (C=O) groups is 1. The zero-order valence-electron chi connectivity index (χ0n) is 19.0. The Morgan fingerprint density at radius 1 is 1.14 bits per heavy atom. The highest BCUT2D eigenvalue weighted by Gasteiger charge is 2.62. The molecule has 1 saturated carbocycles. The molecule has 2 aromatic carbocycles. The van der Waals surface area contributed by atoms with Gasteiger partial charge in [0.2, 0.25) is 0 Å². The summed E-state index contributed by atoms with van der Waals surface area (Å²) in [5.74, 6) is -0.601. The van der Waals surface area contributed by atoms with Gasteiger partial charge in [0.15, 0.2) is 0 Å². The van der Waals surface area contributed by atoms with Crippen molar-refractivity contribution in [1.29, 1.82) is 0 Å². The molecular formula is C24H23Cl2F3N2O3S. The van der Waals surface area contributed by atoms with Crippen LogP contribution in [0.3, 0.4) is 0 Å². The second kappa shape index (κ2) is 9.41. The third-order valence-electron chi connectivity index (χ3n) is 6.49. The van der Waals surface area contributed by atoms with Crippen molar-refractivity contribution in [3.8, 4) is 0 Å². The minimum absolute atomic E-state index is 0.0424. The highest BCUT2D eigenvalue weighted by Crippen LogP contribution is 2.49. The molecule has 1 amide bonds. The van der Waals surface area contributed by atoms with Gasteiger partial charge in [-0.1, -0.05) is 47.3 Å². The summed E-state index contributed by atoms with van der Waals surface area (Å²) in [5, 5.41) is 3.72. The molecule has 1 fully saturated rings. The largest absolute Gasteiger partial charge is 0.435 e. The number of carbonyl (C=O) groups excluding carboxylic acids is 1. The molecule has 0 N–H and O–H groups in total. The molecule has 0 bridgehead atoms. The molecule has 1 heterocycles. The third kappa shape index (κ3) is 5.08. The van der Waals surface area contributed by atoms with Crippen molar-refractivity contribution in [3.63, 3.8) is 0 Å². The van der Waals surface area contributed by atoms with Crippen LogP contribution in [-0.4, -0.2) is 33.5 Å². The van der Waals surface area contributed by atoms with E-state index in [1.807, 2.05) is 0 Å². The van der Waals surface area contributed by atoms with Gasteiger partial charge in [0.1, 0.15) is 0 Å². The van der Waals surface area contributed by atoms with Gasteiger partial charge in [0.25, 0.3) is 11.5 Å². The molecule has 0 saturated heterocycles. The molecule has 2 aliphatic rings. The fraction of sp³-hybridized carbons (Fsp3) is 0.417. The van der Waals surface area contributed by atoms with E-state index in [1.54, 1.807) is 13.0 Å². The van der Waals surface area contributed by atoms with Crippen LogP contribution >= 0.6 is 23.2 Å². The van der Waals surface area contributed by atoms with Crippen LogP contribution in [0, 0.1) is 6.92 Å². The Morgan fingerprint density at radius 2 is 1.77 bits per heavy atom. The van der Waals surface area contributed by atoms with Gasteiger partial charge in [-0.2, -0.15) is 17.5 Å². The predicted molar refractivity (Wildman–Crippen MR) is 131 cm³/mol. The number of rotatable bonds is 4. The average Bonchev–Trinajstić information content (AvgIpc) is 3.43. The zero-order valence-corrected chi connectivity index (χ0v) is 21.3. The fourth-order valence-electron chi connectivity index (χ4n) is 4.54. The Kier molecular flexibility index (Phi) is 6.98. The minimum atomic E-state index is -4.81. The standard InChI is InChI=1S/C24H23Cl2F3N2O3S/c1-14-9-15(7-8-20(14)22(32)31-35(2,33)19-5-3-4-6-19)21-13-23(34-30-21,24(27,28)29)16-10-17(25)12-18(26)11-16/h7-12,19H,3-6,13H2,1-2H3. The van der Waals surface area contributed by atoms with Crippen molar-refractivity contribution in [3.05, 3.63) is 68.7 Å². The van der Waals surface area contributed by atoms with E-state index in [-0.39, 0.29) is 32.1 Å². The number of oxime groups is 1. The maximum absolute atomic E-state index is 14.2. The number of aryl methyl sites for hydroxylation is 1. The summed E-state index contributed by atoms with van der Waals surface area (Å²) >= 11 is 11.9. The van der Waals surface area contributed by atoms with Crippen molar-refractivity contribution in [1.82, 2.24) is 0 Å². The molecule has 4 rings (SSSR count). The summed E-state index contributed by atoms with van der Waals surface area (Å²) in [6, 6.07) is 8.14. The number of alkyl halides is 3. The van der Waals surface area contributed by atoms with Crippen LogP contribution in [0.4, 0.5) is 13.2 Å². The number of halogens is 5. The third-order valence-corrected chi connectivity index (χ3v) is 9.16. The Bertz CT molecular complexity index is 1310. The number of nitrogens with zero attached hydrogens (tertiary/aromatic N) is 2. The predicted octanol–water partition coefficient (Wildman–Crippen LogP) is 7.06. The topological polar surface area (TPSA) is 68.1 Å². The van der Waals surface area contributed by atoms with Crippen molar-refractivity contribution in [2.24, 2.45) is 9.52 Å². The van der Waals surface area contributed by atoms with Crippen molar-refractivity contribution in [2.45, 2.75) is 56.1 Å². The van der Waals surface area contributed by atoms with Crippen LogP contribution in [0.2, 0.25) is 10.0 Å². The summed E-state index contributed by atoms with van der Waals surface area (Å²) < 4.78 is 59.6. The van der Waals surface area contributed by atoms with Crippen LogP contribution in [0.15, 0.2) is 45.9 Å². The maximum Gasteiger partial charge on any atom is 0.435 e. The van der Waals surface area contributed by atoms with Gasteiger partial charge in [0.05, 0.1) is 15.4 Å². The lowest BCUT2D eigenvalue weighted by Crippen LogP contribution is -2.42. The summed E-state index contributed by atoms with van der Waals surface area (Å²) in [4.78, 5) is 17.8. The SMILES string of the molecule is Cc1cc(C2=NOC(c3cc(Cl)cc(Cl)c3)(C(F)(F)F)C2)ccc1C(=O)N=S(C)(=O)C1CCCC1. The normalized spacial score (nSPS) is 22.4. The van der Waals surface area contributed by atoms with E-state index in [4.69, 9.17) is 28.0 Å². The minimum Gasteiger partial charge on any atom is -0.374 e. The molecule has 2 aromatic rings. The van der Waals surface area contributed by atoms with E-state index in [1.165, 1.54) is 24.5 Å². The lowest BCUT2D eigenvalue weighted by atomic mass is 9.86. The van der Waals surface area contributed by atoms with Crippen molar-refractivity contribution < 1.29 is 27.0 Å². The molecule has 2 atom stereocenters. The second-order valence-corrected chi connectivity index (χ2v) is 12.4. The van der Waals surface area contributed by atoms with Gasteiger partial charge in [-0.25, -0.2) is 4.21 Å². The van der Waals surface area contributed by atoms with Gasteiger partial charge in [-0.15, -0.1) is 0 Å². The molecular weight excluding hydrogens is 524 g/mol. The van der Waals surface area contributed by atoms with Gasteiger partial charge < -0.3 is 4.84 Å². The first kappa shape index (κ1) is 26.0. The van der Waals surface area contributed by atoms with Gasteiger partial charge in [-0.05, 0) is 61.2 Å². The first-order chi connectivity index (χ1) is 16.3. The first-order valence-corrected chi connectivity index (χ1v) is 13.7. The molecule has 1 aliphatic heterocycles. The van der Waals surface area contributed by atoms with Crippen molar-refractivity contribution >= 4 is 44.5 Å². The van der Waals surface area contributed by atoms with E-state index in [9.17, 15) is 22.2 Å². The molecule has 11 heteroatoms. The first-order valence-electron chi connectivity index (χ1n) is 11.0. The van der Waals surface area contributed by atoms with E-state index in [0.717, 1.165) is 37.8 Å². The molecule has 35 heavy (non-hydrogen) atoms. The van der Waals surface area contributed by atoms with Crippen LogP contribution in [-0.2, 0) is 20.2 Å². The molecule has 0 radical (unpaired) electrons. The molecule has 5 nitrogen and oxygen atoms in total. The maximum atomic E-state index is 14.2. The highest BCUT2D eigenvalue weighted by molar-refractivity contribution is 7.93. The Balaban J connectivity index is 1.63. The number of hydrogen-bond donors (Lipinski definition) is 0. The lowest BCUT2D eigenvalue weighted by molar-refractivity contribution is -0.275. The van der Waals surface area contributed by atoms with Crippen molar-refractivity contribution in [2.75, 3.05) is 6.26 Å². The summed E-state index contributed by atoms with van der Waals surface area (Å²) in [6.45, 7) is 1.64. The summed E-state index contributed by atoms with van der Waals surface area (Å²) in [5.41, 5.74) is -1.86. The van der Waals surface area contributed by atoms with Crippen LogP contribution in [0.1, 0.15) is 59.2 Å². The lowest BCUT2D eigenvalue weighted by Gasteiger charge is -2.29. The molecule has 2 unspecified atom stereocenters. The summed E-state index contributed by atoms with van der Waals surface area (Å²) in [7, 11) is -2.68. The monoisotopic (exact) mass is 546 g/mol. The van der Waals surface area contributed by atoms with Crippen LogP contribution < -0.4 is 0 Å². The molecule has 0 aromatic heterocycles. The number of benzene rings is 2. The molecule has 1 aliphatic carbocycles. The highest BCUT2D eigenvalue weighted by atomic mass is 35.5. The van der Waals surface area contributed by atoms with E-state index in [2.05, 4.69) is 9.52 Å². The molecule has 0 spiro atoms. The fourth-order valence-corrected chi connectivity index (χ4v) is 6.85. The average molecular weight is 547 g/mol. The van der Waals surface area contributed by atoms with E-state index in [0.29, 0.717) is 11.1 Å². The second-order valence-electron chi connectivity index (χ2n) is 8.98. The van der Waals surface area contributed by atoms with E-state index >= 15 is 0 Å². The Morgan fingerprint density at radius 3 is 2.34 bits per heavy atom. The van der Waals surface area contributed by atoms with E-state index < -0.39 is 33.8 Å². The van der Waals surface area contributed by atoms with Gasteiger partial charge in [0, 0.05) is 39.1 Å². The smallest absolute Gasteiger partial charge is 0.374 e. The van der Waals surface area contributed by atoms with Gasteiger partial charge >= 0.3 is 6.18 Å². The summed E-state index contributed by atoms with van der Waals surface area (Å²) in [6.07, 6.45) is -0.401. The van der Waals surface area contributed by atoms with Crippen LogP contribution in [0.25, 0.3) is 0 Å². The molecule has 188 valence electrons. The number of hydrogen-bond acceptors (Lipinski definition) is 4. The zero-order chi connectivity index (χ0) is 25.6. The Labute approximate surface area is 211 Å². The quantitative estimate of drug-likeness (QED) is 0.412. The Hall–Kier alpha value is -2.10. The van der Waals surface area contributed by atoms with Crippen LogP contribution in [0.5, 0.6) is 0 Å².